The fourth-order valence-corrected chi connectivity index (χ4v) is 6.83. The van der Waals surface area contributed by atoms with Gasteiger partial charge in [0.25, 0.3) is 11.8 Å². The summed E-state index contributed by atoms with van der Waals surface area (Å²) in [7, 11) is 0. The molecule has 2 aromatic heterocycles. The van der Waals surface area contributed by atoms with E-state index in [-0.39, 0.29) is 28.4 Å². The summed E-state index contributed by atoms with van der Waals surface area (Å²) in [4.78, 5) is 61.3. The Morgan fingerprint density at radius 3 is 2.70 bits per heavy atom. The van der Waals surface area contributed by atoms with Gasteiger partial charge in [-0.25, -0.2) is 14.6 Å². The maximum atomic E-state index is 13.5. The zero-order valence-corrected chi connectivity index (χ0v) is 25.2. The predicted octanol–water partition coefficient (Wildman–Crippen LogP) is 3.04. The van der Waals surface area contributed by atoms with Crippen molar-refractivity contribution in [3.8, 4) is 0 Å². The van der Waals surface area contributed by atoms with Gasteiger partial charge in [0, 0.05) is 30.5 Å². The number of carbonyl (C=O) groups excluding carboxylic acids is 4. The molecule has 1 aliphatic carbocycles. The molecule has 3 aliphatic rings. The number of carbonyl (C=O) groups is 4. The topological polar surface area (TPSA) is 196 Å². The van der Waals surface area contributed by atoms with E-state index in [2.05, 4.69) is 20.4 Å². The number of ether oxygens (including phenoxy) is 3. The lowest BCUT2D eigenvalue weighted by molar-refractivity contribution is -0.169. The summed E-state index contributed by atoms with van der Waals surface area (Å²) < 4.78 is 16.0. The number of esters is 1. The highest BCUT2D eigenvalue weighted by Gasteiger charge is 2.54. The van der Waals surface area contributed by atoms with E-state index in [1.54, 1.807) is 30.6 Å². The third-order valence-electron chi connectivity index (χ3n) is 7.07. The molecule has 44 heavy (non-hydrogen) atoms. The van der Waals surface area contributed by atoms with Crippen molar-refractivity contribution in [3.05, 3.63) is 58.5 Å². The number of allylic oxidation sites excluding steroid dienone is 1. The SMILES string of the molecule is CC(OC(=O)OC1CCCCC1)OC(=O)C1=C(/C=C\c2cccnc2)CS[C@@H]2[C@H](NC(=O)C(=NO)c3csc(N)n3)C(=O)N12. The fraction of sp³-hybridized carbons (Fsp3) is 0.393. The van der Waals surface area contributed by atoms with Gasteiger partial charge < -0.3 is 30.5 Å². The van der Waals surface area contributed by atoms with Gasteiger partial charge in [0.15, 0.2) is 10.8 Å². The molecule has 16 heteroatoms. The molecule has 2 aromatic rings. The normalized spacial score (nSPS) is 21.3. The molecule has 5 rings (SSSR count). The third-order valence-corrected chi connectivity index (χ3v) is 9.05. The highest BCUT2D eigenvalue weighted by Crippen LogP contribution is 2.41. The number of β-lactam (4-membered cyclic amide) rings is 1. The number of thiazole rings is 1. The van der Waals surface area contributed by atoms with Crippen LogP contribution < -0.4 is 11.1 Å². The number of aromatic nitrogens is 2. The molecule has 1 saturated heterocycles. The van der Waals surface area contributed by atoms with Crippen LogP contribution in [0.2, 0.25) is 0 Å². The van der Waals surface area contributed by atoms with Crippen LogP contribution in [0.3, 0.4) is 0 Å². The minimum absolute atomic E-state index is 0.0513. The van der Waals surface area contributed by atoms with Gasteiger partial charge in [-0.15, -0.1) is 23.1 Å². The number of oxime groups is 1. The molecule has 0 aromatic carbocycles. The zero-order valence-electron chi connectivity index (χ0n) is 23.6. The van der Waals surface area contributed by atoms with Crippen molar-refractivity contribution >= 4 is 64.0 Å². The Hall–Kier alpha value is -4.44. The molecule has 0 bridgehead atoms. The molecule has 14 nitrogen and oxygen atoms in total. The van der Waals surface area contributed by atoms with E-state index in [4.69, 9.17) is 19.9 Å². The number of nitrogens with zero attached hydrogens (tertiary/aromatic N) is 4. The van der Waals surface area contributed by atoms with Crippen molar-refractivity contribution in [2.75, 3.05) is 11.5 Å². The summed E-state index contributed by atoms with van der Waals surface area (Å²) in [5.41, 5.74) is 6.45. The number of nitrogens with one attached hydrogen (secondary N) is 1. The van der Waals surface area contributed by atoms with Crippen LogP contribution in [0.4, 0.5) is 9.93 Å². The lowest BCUT2D eigenvalue weighted by atomic mass is 9.98. The van der Waals surface area contributed by atoms with Gasteiger partial charge in [-0.3, -0.25) is 19.5 Å². The second-order valence-electron chi connectivity index (χ2n) is 10.1. The van der Waals surface area contributed by atoms with Crippen molar-refractivity contribution < 1.29 is 38.6 Å². The summed E-state index contributed by atoms with van der Waals surface area (Å²) in [5.74, 6) is -2.04. The van der Waals surface area contributed by atoms with Crippen molar-refractivity contribution in [2.45, 2.75) is 62.8 Å². The van der Waals surface area contributed by atoms with Crippen molar-refractivity contribution in [1.82, 2.24) is 20.2 Å². The van der Waals surface area contributed by atoms with E-state index in [0.717, 1.165) is 49.0 Å². The molecular weight excluding hydrogens is 612 g/mol. The van der Waals surface area contributed by atoms with Crippen molar-refractivity contribution in [3.63, 3.8) is 0 Å². The summed E-state index contributed by atoms with van der Waals surface area (Å²) >= 11 is 2.37. The van der Waals surface area contributed by atoms with Crippen LogP contribution in [0.1, 0.15) is 50.3 Å². The number of nitrogens with two attached hydrogens (primary N) is 1. The minimum Gasteiger partial charge on any atom is -0.431 e. The van der Waals surface area contributed by atoms with Crippen LogP contribution in [-0.2, 0) is 28.6 Å². The number of hydrogen-bond acceptors (Lipinski definition) is 14. The number of anilines is 1. The Morgan fingerprint density at radius 1 is 1.23 bits per heavy atom. The van der Waals surface area contributed by atoms with Gasteiger partial charge in [-0.05, 0) is 42.9 Å². The van der Waals surface area contributed by atoms with Crippen LogP contribution in [0, 0.1) is 0 Å². The third kappa shape index (κ3) is 7.02. The van der Waals surface area contributed by atoms with E-state index in [9.17, 15) is 24.4 Å². The van der Waals surface area contributed by atoms with Crippen LogP contribution >= 0.6 is 23.1 Å². The summed E-state index contributed by atoms with van der Waals surface area (Å²) in [5, 5.41) is 16.0. The highest BCUT2D eigenvalue weighted by molar-refractivity contribution is 8.00. The van der Waals surface area contributed by atoms with Crippen LogP contribution in [0.25, 0.3) is 6.08 Å². The molecule has 4 heterocycles. The molecule has 0 radical (unpaired) electrons. The molecule has 2 fully saturated rings. The maximum absolute atomic E-state index is 13.5. The molecule has 1 unspecified atom stereocenters. The Balaban J connectivity index is 1.31. The average Bonchev–Trinajstić information content (AvgIpc) is 3.44. The number of pyridine rings is 1. The van der Waals surface area contributed by atoms with E-state index >= 15 is 0 Å². The van der Waals surface area contributed by atoms with E-state index in [0.29, 0.717) is 5.57 Å². The van der Waals surface area contributed by atoms with Crippen molar-refractivity contribution in [2.24, 2.45) is 5.16 Å². The lowest BCUT2D eigenvalue weighted by Crippen LogP contribution is -2.71. The fourth-order valence-electron chi connectivity index (χ4n) is 4.96. The zero-order chi connectivity index (χ0) is 31.2. The quantitative estimate of drug-likeness (QED) is 0.0905. The Labute approximate surface area is 260 Å². The summed E-state index contributed by atoms with van der Waals surface area (Å²) in [6.45, 7) is 1.38. The average molecular weight is 643 g/mol. The van der Waals surface area contributed by atoms with E-state index in [1.807, 2.05) is 6.07 Å². The van der Waals surface area contributed by atoms with Crippen LogP contribution in [0.15, 0.2) is 52.4 Å². The first-order valence-electron chi connectivity index (χ1n) is 13.8. The largest absolute Gasteiger partial charge is 0.511 e. The standard InChI is InChI=1S/C28H30N6O8S2/c1-15(41-28(38)42-18-7-3-2-4-8-18)40-26(37)22-17(10-9-16-6-5-11-30-12-16)13-43-25-21(24(36)34(22)25)32-23(35)20(33-39)19-14-44-27(29)31-19/h5-6,9-12,14-15,18,21,25,39H,2-4,7-8,13H2,1H3,(H2,29,31)(H,32,35)/b10-9-,33-20?/t15?,21-,25-/m1/s1. The van der Waals surface area contributed by atoms with Gasteiger partial charge in [-0.1, -0.05) is 29.8 Å². The van der Waals surface area contributed by atoms with Gasteiger partial charge >= 0.3 is 12.1 Å². The van der Waals surface area contributed by atoms with E-state index in [1.165, 1.54) is 29.0 Å². The molecule has 232 valence electrons. The van der Waals surface area contributed by atoms with Crippen LogP contribution in [-0.4, -0.2) is 79.3 Å². The predicted molar refractivity (Wildman–Crippen MR) is 160 cm³/mol. The number of thioether (sulfide) groups is 1. The Morgan fingerprint density at radius 2 is 2.02 bits per heavy atom. The van der Waals surface area contributed by atoms with Gasteiger partial charge in [-0.2, -0.15) is 0 Å². The second kappa shape index (κ2) is 13.9. The number of rotatable bonds is 9. The smallest absolute Gasteiger partial charge is 0.431 e. The molecule has 4 N–H and O–H groups in total. The molecule has 1 saturated carbocycles. The molecule has 2 aliphatic heterocycles. The molecule has 2 amide bonds. The number of amides is 2. The first-order chi connectivity index (χ1) is 21.2. The van der Waals surface area contributed by atoms with E-state index < -0.39 is 47.4 Å². The number of fused-ring (bicyclic) bond motifs is 1. The van der Waals surface area contributed by atoms with Gasteiger partial charge in [0.2, 0.25) is 6.29 Å². The Kier molecular flexibility index (Phi) is 9.79. The first-order valence-corrected chi connectivity index (χ1v) is 15.8. The number of hydrogen-bond donors (Lipinski definition) is 3. The minimum atomic E-state index is -1.30. The first kappa shape index (κ1) is 31.0. The monoisotopic (exact) mass is 642 g/mol. The van der Waals surface area contributed by atoms with Gasteiger partial charge in [0.05, 0.1) is 0 Å². The molecule has 3 atom stereocenters. The lowest BCUT2D eigenvalue weighted by Gasteiger charge is -2.49. The van der Waals surface area contributed by atoms with Gasteiger partial charge in [0.1, 0.15) is 28.9 Å². The second-order valence-corrected chi connectivity index (χ2v) is 12.1. The Bertz CT molecular complexity index is 1500. The maximum Gasteiger partial charge on any atom is 0.511 e. The highest BCUT2D eigenvalue weighted by atomic mass is 32.2. The number of nitrogen functional groups attached to an aromatic ring is 1. The molecular formula is C28H30N6O8S2. The summed E-state index contributed by atoms with van der Waals surface area (Å²) in [6.07, 6.45) is 8.72. The van der Waals surface area contributed by atoms with Crippen LogP contribution in [0.5, 0.6) is 0 Å². The molecule has 0 spiro atoms. The van der Waals surface area contributed by atoms with Crippen molar-refractivity contribution in [1.29, 1.82) is 0 Å². The summed E-state index contributed by atoms with van der Waals surface area (Å²) in [6, 6.07) is 2.55.